The van der Waals surface area contributed by atoms with Crippen LogP contribution in [0.4, 0.5) is 0 Å². The molecule has 2 rings (SSSR count). The summed E-state index contributed by atoms with van der Waals surface area (Å²) in [7, 11) is 0. The molecule has 0 aliphatic carbocycles. The van der Waals surface area contributed by atoms with Crippen molar-refractivity contribution >= 4 is 5.97 Å². The molecule has 0 aliphatic heterocycles. The molecule has 2 heterocycles. The van der Waals surface area contributed by atoms with E-state index >= 15 is 0 Å². The van der Waals surface area contributed by atoms with Gasteiger partial charge in [0.2, 0.25) is 0 Å². The topological polar surface area (TPSA) is 82.8 Å². The first-order valence-corrected chi connectivity index (χ1v) is 5.54. The quantitative estimate of drug-likeness (QED) is 0.736. The second kappa shape index (κ2) is 5.35. The van der Waals surface area contributed by atoms with Crippen molar-refractivity contribution in [1.29, 1.82) is 0 Å². The Morgan fingerprint density at radius 3 is 2.94 bits per heavy atom. The summed E-state index contributed by atoms with van der Waals surface area (Å²) in [6, 6.07) is 0. The van der Waals surface area contributed by atoms with Crippen LogP contribution < -0.4 is 0 Å². The number of aromatic nitrogens is 5. The Bertz CT molecular complexity index is 538. The van der Waals surface area contributed by atoms with E-state index in [0.717, 1.165) is 5.69 Å². The van der Waals surface area contributed by atoms with E-state index in [4.69, 9.17) is 4.74 Å². The molecule has 0 radical (unpaired) electrons. The lowest BCUT2D eigenvalue weighted by atomic mass is 10.4. The van der Waals surface area contributed by atoms with Crippen LogP contribution in [0.5, 0.6) is 0 Å². The van der Waals surface area contributed by atoms with E-state index in [1.165, 1.54) is 0 Å². The molecule has 0 bridgehead atoms. The van der Waals surface area contributed by atoms with Crippen molar-refractivity contribution in [2.45, 2.75) is 20.4 Å². The van der Waals surface area contributed by atoms with Crippen molar-refractivity contribution in [2.24, 2.45) is 0 Å². The fraction of sp³-hybridized carbons (Fsp3) is 0.364. The van der Waals surface area contributed by atoms with E-state index in [9.17, 15) is 4.79 Å². The number of nitrogens with zero attached hydrogens (tertiary/aromatic N) is 5. The normalized spacial score (nSPS) is 10.3. The summed E-state index contributed by atoms with van der Waals surface area (Å²) in [5, 5.41) is 4.09. The average molecular weight is 247 g/mol. The Labute approximate surface area is 104 Å². The number of aryl methyl sites for hydroxylation is 1. The monoisotopic (exact) mass is 247 g/mol. The Morgan fingerprint density at radius 1 is 1.44 bits per heavy atom. The van der Waals surface area contributed by atoms with Gasteiger partial charge in [0.15, 0.2) is 0 Å². The van der Waals surface area contributed by atoms with Gasteiger partial charge in [0.05, 0.1) is 25.0 Å². The zero-order valence-corrected chi connectivity index (χ0v) is 10.2. The van der Waals surface area contributed by atoms with Gasteiger partial charge in [-0.3, -0.25) is 9.97 Å². The maximum absolute atomic E-state index is 11.5. The molecule has 0 aliphatic rings. The van der Waals surface area contributed by atoms with Crippen LogP contribution in [0.1, 0.15) is 29.1 Å². The Kier molecular flexibility index (Phi) is 3.61. The van der Waals surface area contributed by atoms with Gasteiger partial charge >= 0.3 is 5.97 Å². The molecule has 7 heteroatoms. The summed E-state index contributed by atoms with van der Waals surface area (Å²) in [6.45, 7) is 4.23. The number of hydrogen-bond acceptors (Lipinski definition) is 6. The molecule has 18 heavy (non-hydrogen) atoms. The maximum Gasteiger partial charge on any atom is 0.378 e. The third kappa shape index (κ3) is 2.68. The van der Waals surface area contributed by atoms with Crippen molar-refractivity contribution < 1.29 is 9.53 Å². The first kappa shape index (κ1) is 12.2. The summed E-state index contributed by atoms with van der Waals surface area (Å²) in [5.41, 5.74) is 0.751. The van der Waals surface area contributed by atoms with E-state index in [-0.39, 0.29) is 5.82 Å². The molecule has 2 aromatic rings. The van der Waals surface area contributed by atoms with Crippen molar-refractivity contribution in [3.63, 3.8) is 0 Å². The molecule has 2 aromatic heterocycles. The van der Waals surface area contributed by atoms with Crippen molar-refractivity contribution in [3.8, 4) is 0 Å². The van der Waals surface area contributed by atoms with Crippen LogP contribution in [0, 0.1) is 6.92 Å². The zero-order chi connectivity index (χ0) is 13.0. The van der Waals surface area contributed by atoms with Gasteiger partial charge in [-0.05, 0) is 13.8 Å². The standard InChI is InChI=1S/C11H13N5O2/c1-3-18-11(17)10-14-8(2)16(15-10)7-9-6-12-4-5-13-9/h4-6H,3,7H2,1-2H3. The van der Waals surface area contributed by atoms with Gasteiger partial charge in [0.25, 0.3) is 5.82 Å². The molecule has 0 atom stereocenters. The minimum atomic E-state index is -0.515. The van der Waals surface area contributed by atoms with E-state index in [1.54, 1.807) is 37.1 Å². The summed E-state index contributed by atoms with van der Waals surface area (Å²) < 4.78 is 6.43. The zero-order valence-electron chi connectivity index (χ0n) is 10.2. The maximum atomic E-state index is 11.5. The van der Waals surface area contributed by atoms with Crippen LogP contribution in [0.2, 0.25) is 0 Å². The average Bonchev–Trinajstić information content (AvgIpc) is 2.73. The molecule has 0 amide bonds. The summed E-state index contributed by atoms with van der Waals surface area (Å²) in [5.74, 6) is 0.181. The predicted molar refractivity (Wildman–Crippen MR) is 61.8 cm³/mol. The number of rotatable bonds is 4. The molecule has 0 saturated carbocycles. The molecule has 0 N–H and O–H groups in total. The predicted octanol–water partition coefficient (Wildman–Crippen LogP) is 0.602. The van der Waals surface area contributed by atoms with Gasteiger partial charge in [-0.15, -0.1) is 5.10 Å². The SMILES string of the molecule is CCOC(=O)c1nc(C)n(Cc2cnccn2)n1. The van der Waals surface area contributed by atoms with Crippen molar-refractivity contribution in [3.05, 3.63) is 35.9 Å². The van der Waals surface area contributed by atoms with Crippen molar-refractivity contribution in [1.82, 2.24) is 24.7 Å². The van der Waals surface area contributed by atoms with Gasteiger partial charge in [-0.1, -0.05) is 0 Å². The van der Waals surface area contributed by atoms with Crippen LogP contribution in [0.15, 0.2) is 18.6 Å². The highest BCUT2D eigenvalue weighted by Crippen LogP contribution is 2.02. The molecule has 0 fully saturated rings. The van der Waals surface area contributed by atoms with E-state index in [1.807, 2.05) is 0 Å². The molecule has 0 spiro atoms. The minimum absolute atomic E-state index is 0.0678. The van der Waals surface area contributed by atoms with Crippen LogP contribution in [0.25, 0.3) is 0 Å². The Hall–Kier alpha value is -2.31. The number of carbonyl (C=O) groups is 1. The van der Waals surface area contributed by atoms with Gasteiger partial charge in [0, 0.05) is 12.4 Å². The molecule has 0 unspecified atom stereocenters. The van der Waals surface area contributed by atoms with Crippen LogP contribution in [0.3, 0.4) is 0 Å². The van der Waals surface area contributed by atoms with Gasteiger partial charge in [0.1, 0.15) is 5.82 Å². The van der Waals surface area contributed by atoms with Gasteiger partial charge < -0.3 is 4.74 Å². The summed E-state index contributed by atoms with van der Waals surface area (Å²) in [6.07, 6.45) is 4.85. The summed E-state index contributed by atoms with van der Waals surface area (Å²) in [4.78, 5) is 23.6. The third-order valence-corrected chi connectivity index (χ3v) is 2.24. The molecular formula is C11H13N5O2. The molecular weight excluding hydrogens is 234 g/mol. The van der Waals surface area contributed by atoms with E-state index in [0.29, 0.717) is 19.0 Å². The number of hydrogen-bond donors (Lipinski definition) is 0. The van der Waals surface area contributed by atoms with Crippen LogP contribution in [-0.4, -0.2) is 37.3 Å². The minimum Gasteiger partial charge on any atom is -0.460 e. The largest absolute Gasteiger partial charge is 0.460 e. The smallest absolute Gasteiger partial charge is 0.378 e. The van der Waals surface area contributed by atoms with Crippen LogP contribution in [-0.2, 0) is 11.3 Å². The fourth-order valence-corrected chi connectivity index (χ4v) is 1.42. The van der Waals surface area contributed by atoms with Crippen molar-refractivity contribution in [2.75, 3.05) is 6.61 Å². The van der Waals surface area contributed by atoms with E-state index in [2.05, 4.69) is 20.1 Å². The number of ether oxygens (including phenoxy) is 1. The highest BCUT2D eigenvalue weighted by molar-refractivity contribution is 5.84. The van der Waals surface area contributed by atoms with Gasteiger partial charge in [-0.2, -0.15) is 0 Å². The highest BCUT2D eigenvalue weighted by Gasteiger charge is 2.15. The van der Waals surface area contributed by atoms with E-state index < -0.39 is 5.97 Å². The Morgan fingerprint density at radius 2 is 2.28 bits per heavy atom. The number of carbonyl (C=O) groups excluding carboxylic acids is 1. The number of esters is 1. The molecule has 7 nitrogen and oxygen atoms in total. The molecule has 0 saturated heterocycles. The molecule has 0 aromatic carbocycles. The first-order chi connectivity index (χ1) is 8.70. The van der Waals surface area contributed by atoms with Gasteiger partial charge in [-0.25, -0.2) is 14.5 Å². The second-order valence-corrected chi connectivity index (χ2v) is 3.56. The lowest BCUT2D eigenvalue weighted by molar-refractivity contribution is 0.0511. The lowest BCUT2D eigenvalue weighted by Gasteiger charge is -2.00. The fourth-order valence-electron chi connectivity index (χ4n) is 1.42. The van der Waals surface area contributed by atoms with Crippen LogP contribution >= 0.6 is 0 Å². The first-order valence-electron chi connectivity index (χ1n) is 5.54. The molecule has 94 valence electrons. The lowest BCUT2D eigenvalue weighted by Crippen LogP contribution is -2.09. The second-order valence-electron chi connectivity index (χ2n) is 3.56. The summed E-state index contributed by atoms with van der Waals surface area (Å²) >= 11 is 0. The third-order valence-electron chi connectivity index (χ3n) is 2.24. The highest BCUT2D eigenvalue weighted by atomic mass is 16.5. The Balaban J connectivity index is 2.17.